The standard InChI is InChI=1S/2C30H30FN7O2/c2*1-19-13-24(20-7-5-4-6-8-20)27(36(19)3)28(39)29(40)34-22-9-10-25-26(14-22)35(2)17-23-18-37(11-12-38(23)25)30-32-15-21(31)16-33-30/h2*4-10,13-16,23H,11-12,17-18H2,1-3H3,(H,34,40)/t2*23-/m10/s1. The molecule has 2 N–H and O–H groups in total. The van der Waals surface area contributed by atoms with E-state index in [1.54, 1.807) is 23.2 Å². The van der Waals surface area contributed by atoms with Gasteiger partial charge in [-0.25, -0.2) is 28.7 Å². The van der Waals surface area contributed by atoms with Gasteiger partial charge in [0.25, 0.3) is 23.4 Å². The first-order valence-corrected chi connectivity index (χ1v) is 26.4. The number of nitrogens with zero attached hydrogens (tertiary/aromatic N) is 12. The normalized spacial score (nSPS) is 16.4. The zero-order chi connectivity index (χ0) is 55.9. The lowest BCUT2D eigenvalue weighted by atomic mass is 10.0. The van der Waals surface area contributed by atoms with Crippen LogP contribution in [0.4, 0.5) is 54.8 Å². The van der Waals surface area contributed by atoms with Crippen molar-refractivity contribution in [2.24, 2.45) is 14.1 Å². The molecule has 2 amide bonds. The summed E-state index contributed by atoms with van der Waals surface area (Å²) in [5.74, 6) is -2.37. The Bertz CT molecular complexity index is 3410. The molecule has 2 atom stereocenters. The molecule has 80 heavy (non-hydrogen) atoms. The number of carbonyl (C=O) groups is 4. The van der Waals surface area contributed by atoms with E-state index in [0.717, 1.165) is 82.6 Å². The number of hydrogen-bond donors (Lipinski definition) is 2. The highest BCUT2D eigenvalue weighted by atomic mass is 19.1. The van der Waals surface area contributed by atoms with Gasteiger partial charge in [0.15, 0.2) is 11.6 Å². The number of benzene rings is 4. The summed E-state index contributed by atoms with van der Waals surface area (Å²) in [6.07, 6.45) is 4.77. The van der Waals surface area contributed by atoms with Gasteiger partial charge in [-0.2, -0.15) is 0 Å². The average molecular weight is 1080 g/mol. The number of aromatic nitrogens is 6. The van der Waals surface area contributed by atoms with Gasteiger partial charge in [0.2, 0.25) is 11.9 Å². The second-order valence-electron chi connectivity index (χ2n) is 20.7. The largest absolute Gasteiger partial charge is 0.371 e. The van der Waals surface area contributed by atoms with E-state index >= 15 is 0 Å². The average Bonchev–Trinajstić information content (AvgIpc) is 4.01. The molecular formula is C60H60F2N14O4. The Morgan fingerprint density at radius 2 is 0.850 bits per heavy atom. The van der Waals surface area contributed by atoms with E-state index in [2.05, 4.69) is 60.0 Å². The molecular weight excluding hydrogens is 1020 g/mol. The second kappa shape index (κ2) is 21.8. The van der Waals surface area contributed by atoms with Gasteiger partial charge in [-0.1, -0.05) is 60.7 Å². The van der Waals surface area contributed by atoms with Gasteiger partial charge in [0.05, 0.1) is 59.6 Å². The topological polar surface area (TPSA) is 173 Å². The van der Waals surface area contributed by atoms with Crippen LogP contribution in [0.1, 0.15) is 32.4 Å². The van der Waals surface area contributed by atoms with Crippen LogP contribution >= 0.6 is 0 Å². The first-order chi connectivity index (χ1) is 38.6. The van der Waals surface area contributed by atoms with Crippen molar-refractivity contribution < 1.29 is 28.0 Å². The fourth-order valence-electron chi connectivity index (χ4n) is 11.4. The molecule has 0 saturated carbocycles. The summed E-state index contributed by atoms with van der Waals surface area (Å²) in [5.41, 5.74) is 11.0. The van der Waals surface area contributed by atoms with Crippen LogP contribution in [0, 0.1) is 25.5 Å². The maximum absolute atomic E-state index is 13.4. The molecule has 4 aliphatic rings. The van der Waals surface area contributed by atoms with Crippen LogP contribution in [0.3, 0.4) is 0 Å². The van der Waals surface area contributed by atoms with Crippen LogP contribution < -0.4 is 40.0 Å². The van der Waals surface area contributed by atoms with Crippen molar-refractivity contribution in [1.29, 1.82) is 0 Å². The molecule has 408 valence electrons. The SMILES string of the molecule is Cc1cc(-c2ccccc2)c(C(=O)C(=O)Nc2ccc3c(c2)N(C)C[C@@H]2CN(c4ncc(F)cn4)CCN32)n1C.Cc1cc(-c2ccccc2)c(C(=O)C(=O)Nc2ccc3c(c2)N(C)C[C@H]2CN(c4ncc(F)cn4)CCN32)n1C. The third kappa shape index (κ3) is 10.3. The minimum absolute atomic E-state index is 0.193. The number of rotatable bonds is 10. The molecule has 2 saturated heterocycles. The Morgan fingerprint density at radius 1 is 0.475 bits per heavy atom. The number of halogens is 2. The maximum Gasteiger partial charge on any atom is 0.298 e. The molecule has 12 rings (SSSR count). The highest BCUT2D eigenvalue weighted by molar-refractivity contribution is 6.48. The Kier molecular flexibility index (Phi) is 14.3. The number of ketones is 2. The number of amides is 2. The number of piperazine rings is 2. The summed E-state index contributed by atoms with van der Waals surface area (Å²) in [6, 6.07) is 35.0. The van der Waals surface area contributed by atoms with Crippen LogP contribution in [0.25, 0.3) is 22.3 Å². The summed E-state index contributed by atoms with van der Waals surface area (Å²) in [7, 11) is 7.63. The maximum atomic E-state index is 13.4. The first-order valence-electron chi connectivity index (χ1n) is 26.4. The van der Waals surface area contributed by atoms with Gasteiger partial charge >= 0.3 is 0 Å². The lowest BCUT2D eigenvalue weighted by molar-refractivity contribution is -0.113. The molecule has 0 bridgehead atoms. The molecule has 0 aliphatic carbocycles. The molecule has 0 spiro atoms. The van der Waals surface area contributed by atoms with Crippen molar-refractivity contribution in [3.63, 3.8) is 0 Å². The first kappa shape index (κ1) is 52.6. The van der Waals surface area contributed by atoms with Crippen molar-refractivity contribution in [1.82, 2.24) is 29.1 Å². The third-order valence-electron chi connectivity index (χ3n) is 15.6. The molecule has 4 aromatic heterocycles. The van der Waals surface area contributed by atoms with Gasteiger partial charge in [-0.3, -0.25) is 19.2 Å². The van der Waals surface area contributed by atoms with E-state index in [4.69, 9.17) is 0 Å². The number of aryl methyl sites for hydroxylation is 2. The Labute approximate surface area is 461 Å². The van der Waals surface area contributed by atoms with Gasteiger partial charge in [-0.15, -0.1) is 0 Å². The van der Waals surface area contributed by atoms with Crippen molar-refractivity contribution >= 4 is 69.4 Å². The van der Waals surface area contributed by atoms with E-state index < -0.39 is 35.0 Å². The molecule has 8 heterocycles. The highest BCUT2D eigenvalue weighted by Gasteiger charge is 2.37. The molecule has 2 fully saturated rings. The summed E-state index contributed by atoms with van der Waals surface area (Å²) < 4.78 is 30.1. The molecule has 20 heteroatoms. The molecule has 0 unspecified atom stereocenters. The minimum atomic E-state index is -0.678. The van der Waals surface area contributed by atoms with Gasteiger partial charge in [-0.05, 0) is 73.5 Å². The third-order valence-corrected chi connectivity index (χ3v) is 15.6. The number of Topliss-reactive ketones (excluding diaryl/α,β-unsaturated/α-hetero) is 2. The minimum Gasteiger partial charge on any atom is -0.371 e. The van der Waals surface area contributed by atoms with E-state index in [0.29, 0.717) is 60.8 Å². The van der Waals surface area contributed by atoms with Crippen LogP contribution in [-0.4, -0.2) is 131 Å². The van der Waals surface area contributed by atoms with Crippen LogP contribution in [0.5, 0.6) is 0 Å². The fraction of sp³-hybridized carbons (Fsp3) is 0.267. The monoisotopic (exact) mass is 1080 g/mol. The lowest BCUT2D eigenvalue weighted by Crippen LogP contribution is -2.59. The molecule has 18 nitrogen and oxygen atoms in total. The zero-order valence-electron chi connectivity index (χ0n) is 45.3. The Morgan fingerprint density at radius 3 is 1.23 bits per heavy atom. The number of fused-ring (bicyclic) bond motifs is 6. The van der Waals surface area contributed by atoms with Crippen LogP contribution in [0.15, 0.2) is 134 Å². The van der Waals surface area contributed by atoms with Crippen molar-refractivity contribution in [2.75, 3.05) is 106 Å². The van der Waals surface area contributed by atoms with Crippen LogP contribution in [-0.2, 0) is 23.7 Å². The van der Waals surface area contributed by atoms with Crippen molar-refractivity contribution in [3.05, 3.63) is 168 Å². The van der Waals surface area contributed by atoms with E-state index in [1.165, 1.54) is 24.8 Å². The summed E-state index contributed by atoms with van der Waals surface area (Å²) >= 11 is 0. The van der Waals surface area contributed by atoms with E-state index in [1.807, 2.05) is 137 Å². The number of nitrogens with one attached hydrogen (secondary N) is 2. The second-order valence-corrected chi connectivity index (χ2v) is 20.7. The van der Waals surface area contributed by atoms with Crippen molar-refractivity contribution in [3.8, 4) is 22.3 Å². The molecule has 4 aromatic carbocycles. The highest BCUT2D eigenvalue weighted by Crippen LogP contribution is 2.40. The lowest BCUT2D eigenvalue weighted by Gasteiger charge is -2.48. The molecule has 4 aliphatic heterocycles. The quantitative estimate of drug-likeness (QED) is 0.100. The number of carbonyl (C=O) groups excluding carboxylic acids is 4. The molecule has 0 radical (unpaired) electrons. The van der Waals surface area contributed by atoms with Crippen LogP contribution in [0.2, 0.25) is 0 Å². The predicted octanol–water partition coefficient (Wildman–Crippen LogP) is 7.79. The van der Waals surface area contributed by atoms with Gasteiger partial charge < -0.3 is 49.2 Å². The van der Waals surface area contributed by atoms with Crippen molar-refractivity contribution in [2.45, 2.75) is 25.9 Å². The summed E-state index contributed by atoms with van der Waals surface area (Å²) in [5, 5.41) is 5.66. The van der Waals surface area contributed by atoms with Gasteiger partial charge in [0, 0.05) is 114 Å². The summed E-state index contributed by atoms with van der Waals surface area (Å²) in [6.45, 7) is 9.69. The Balaban J connectivity index is 0.000000169. The van der Waals surface area contributed by atoms with Gasteiger partial charge in [0.1, 0.15) is 11.4 Å². The fourth-order valence-corrected chi connectivity index (χ4v) is 11.4. The number of anilines is 8. The zero-order valence-corrected chi connectivity index (χ0v) is 45.3. The predicted molar refractivity (Wildman–Crippen MR) is 307 cm³/mol. The molecule has 8 aromatic rings. The number of likely N-dealkylation sites (N-methyl/N-ethyl adjacent to an activating group) is 2. The van der Waals surface area contributed by atoms with E-state index in [-0.39, 0.29) is 12.1 Å². The number of hydrogen-bond acceptors (Lipinski definition) is 14. The smallest absolute Gasteiger partial charge is 0.298 e. The Hall–Kier alpha value is -9.46. The van der Waals surface area contributed by atoms with E-state index in [9.17, 15) is 28.0 Å². The summed E-state index contributed by atoms with van der Waals surface area (Å²) in [4.78, 5) is 82.9.